The Hall–Kier alpha value is -2.32. The molecule has 0 unspecified atom stereocenters. The highest BCUT2D eigenvalue weighted by atomic mass is 79.9. The molecule has 0 amide bonds. The largest absolute Gasteiger partial charge is 0.503 e. The van der Waals surface area contributed by atoms with Crippen molar-refractivity contribution in [1.82, 2.24) is 4.68 Å². The number of ether oxygens (including phenoxy) is 1. The van der Waals surface area contributed by atoms with Crippen molar-refractivity contribution >= 4 is 33.5 Å². The van der Waals surface area contributed by atoms with Gasteiger partial charge in [0, 0.05) is 5.38 Å². The first kappa shape index (κ1) is 20.0. The van der Waals surface area contributed by atoms with Crippen LogP contribution in [-0.4, -0.2) is 29.1 Å². The number of phenols is 1. The van der Waals surface area contributed by atoms with Crippen LogP contribution in [0.1, 0.15) is 37.7 Å². The summed E-state index contributed by atoms with van der Waals surface area (Å²) in [7, 11) is 1.52. The van der Waals surface area contributed by atoms with E-state index in [0.717, 1.165) is 34.7 Å². The lowest BCUT2D eigenvalue weighted by Gasteiger charge is -2.16. The molecule has 152 valence electrons. The zero-order valence-electron chi connectivity index (χ0n) is 16.0. The first-order chi connectivity index (χ1) is 14.2. The molecular formula is C21H22BrN3O3S. The van der Waals surface area contributed by atoms with Crippen LogP contribution in [0.3, 0.4) is 0 Å². The molecule has 1 aliphatic rings. The van der Waals surface area contributed by atoms with E-state index >= 15 is 0 Å². The second-order valence-corrected chi connectivity index (χ2v) is 8.60. The topological polar surface area (TPSA) is 72.2 Å². The Bertz CT molecular complexity index is 1060. The van der Waals surface area contributed by atoms with E-state index in [1.54, 1.807) is 35.9 Å². The molecule has 1 aliphatic carbocycles. The molecule has 2 aromatic heterocycles. The summed E-state index contributed by atoms with van der Waals surface area (Å²) < 4.78 is 13.2. The lowest BCUT2D eigenvalue weighted by molar-refractivity contribution is 0.372. The summed E-state index contributed by atoms with van der Waals surface area (Å²) in [5.41, 5.74) is 1.65. The number of aromatic nitrogens is 1. The Kier molecular flexibility index (Phi) is 6.20. The zero-order chi connectivity index (χ0) is 20.2. The summed E-state index contributed by atoms with van der Waals surface area (Å²) in [6.45, 7) is 0. The lowest BCUT2D eigenvalue weighted by Crippen LogP contribution is -2.18. The number of aromatic hydroxyl groups is 1. The van der Waals surface area contributed by atoms with Crippen LogP contribution in [0.4, 0.5) is 0 Å². The van der Waals surface area contributed by atoms with Crippen LogP contribution in [0.25, 0.3) is 11.5 Å². The van der Waals surface area contributed by atoms with Crippen molar-refractivity contribution in [1.29, 1.82) is 0 Å². The van der Waals surface area contributed by atoms with E-state index in [2.05, 4.69) is 15.9 Å². The highest BCUT2D eigenvalue weighted by molar-refractivity contribution is 9.10. The minimum Gasteiger partial charge on any atom is -0.503 e. The van der Waals surface area contributed by atoms with Gasteiger partial charge in [-0.25, -0.2) is 4.68 Å². The van der Waals surface area contributed by atoms with Gasteiger partial charge >= 0.3 is 0 Å². The summed E-state index contributed by atoms with van der Waals surface area (Å²) >= 11 is 4.92. The second kappa shape index (κ2) is 9.00. The number of rotatable bonds is 5. The number of hydrogen-bond donors (Lipinski definition) is 1. The second-order valence-electron chi connectivity index (χ2n) is 6.91. The van der Waals surface area contributed by atoms with E-state index < -0.39 is 0 Å². The molecule has 1 aromatic carbocycles. The van der Waals surface area contributed by atoms with Gasteiger partial charge < -0.3 is 14.3 Å². The summed E-state index contributed by atoms with van der Waals surface area (Å²) in [6, 6.07) is 7.65. The molecule has 0 spiro atoms. The van der Waals surface area contributed by atoms with Crippen molar-refractivity contribution in [2.75, 3.05) is 7.11 Å². The molecule has 0 atom stereocenters. The number of hydrogen-bond acceptors (Lipinski definition) is 6. The minimum atomic E-state index is 0.0668. The van der Waals surface area contributed by atoms with Crippen LogP contribution in [0.5, 0.6) is 11.5 Å². The van der Waals surface area contributed by atoms with Gasteiger partial charge in [0.2, 0.25) is 4.80 Å². The Labute approximate surface area is 181 Å². The fourth-order valence-electron chi connectivity index (χ4n) is 3.41. The fraction of sp³-hybridized carbons (Fsp3) is 0.333. The Morgan fingerprint density at radius 1 is 1.31 bits per heavy atom. The molecule has 0 saturated heterocycles. The van der Waals surface area contributed by atoms with Crippen molar-refractivity contribution in [3.63, 3.8) is 0 Å². The first-order valence-corrected chi connectivity index (χ1v) is 11.2. The number of thiazole rings is 1. The third kappa shape index (κ3) is 4.48. The average Bonchev–Trinajstić information content (AvgIpc) is 3.39. The smallest absolute Gasteiger partial charge is 0.206 e. The van der Waals surface area contributed by atoms with E-state index in [-0.39, 0.29) is 5.75 Å². The molecule has 1 fully saturated rings. The SMILES string of the molecule is COc1cc(C=Nn2c(-c3ccco3)csc2=NC2CCCCC2)cc(Br)c1O. The molecule has 8 heteroatoms. The summed E-state index contributed by atoms with van der Waals surface area (Å²) in [5.74, 6) is 1.19. The molecule has 1 N–H and O–H groups in total. The van der Waals surface area contributed by atoms with Crippen LogP contribution in [0.2, 0.25) is 0 Å². The van der Waals surface area contributed by atoms with Crippen LogP contribution in [0.15, 0.2) is 54.9 Å². The summed E-state index contributed by atoms with van der Waals surface area (Å²) in [4.78, 5) is 5.83. The predicted molar refractivity (Wildman–Crippen MR) is 118 cm³/mol. The monoisotopic (exact) mass is 475 g/mol. The van der Waals surface area contributed by atoms with Crippen molar-refractivity contribution in [2.24, 2.45) is 10.1 Å². The number of halogens is 1. The van der Waals surface area contributed by atoms with Gasteiger partial charge in [-0.15, -0.1) is 11.3 Å². The van der Waals surface area contributed by atoms with Gasteiger partial charge in [-0.2, -0.15) is 5.10 Å². The maximum absolute atomic E-state index is 10.0. The quantitative estimate of drug-likeness (QED) is 0.501. The molecule has 0 bridgehead atoms. The van der Waals surface area contributed by atoms with Gasteiger partial charge in [-0.3, -0.25) is 4.99 Å². The maximum Gasteiger partial charge on any atom is 0.206 e. The predicted octanol–water partition coefficient (Wildman–Crippen LogP) is 5.40. The van der Waals surface area contributed by atoms with Crippen LogP contribution in [-0.2, 0) is 0 Å². The maximum atomic E-state index is 10.0. The molecule has 0 aliphatic heterocycles. The van der Waals surface area contributed by atoms with Gasteiger partial charge in [-0.05, 0) is 58.6 Å². The molecular weight excluding hydrogens is 454 g/mol. The Morgan fingerprint density at radius 3 is 2.86 bits per heavy atom. The molecule has 29 heavy (non-hydrogen) atoms. The summed E-state index contributed by atoms with van der Waals surface area (Å²) in [6.07, 6.45) is 9.39. The number of phenolic OH excluding ortho intramolecular Hbond substituents is 1. The average molecular weight is 476 g/mol. The molecule has 0 radical (unpaired) electrons. The molecule has 2 heterocycles. The third-order valence-electron chi connectivity index (χ3n) is 4.92. The highest BCUT2D eigenvalue weighted by Gasteiger charge is 2.15. The number of nitrogens with zero attached hydrogens (tertiary/aromatic N) is 3. The van der Waals surface area contributed by atoms with E-state index in [1.807, 2.05) is 22.2 Å². The fourth-order valence-corrected chi connectivity index (χ4v) is 4.76. The van der Waals surface area contributed by atoms with Gasteiger partial charge in [0.05, 0.1) is 30.1 Å². The molecule has 1 saturated carbocycles. The first-order valence-electron chi connectivity index (χ1n) is 9.55. The third-order valence-corrected chi connectivity index (χ3v) is 6.35. The van der Waals surface area contributed by atoms with E-state index in [1.165, 1.54) is 26.4 Å². The minimum absolute atomic E-state index is 0.0668. The van der Waals surface area contributed by atoms with Gasteiger partial charge in [0.25, 0.3) is 0 Å². The van der Waals surface area contributed by atoms with Gasteiger partial charge in [0.15, 0.2) is 17.3 Å². The van der Waals surface area contributed by atoms with E-state index in [4.69, 9.17) is 19.2 Å². The Morgan fingerprint density at radius 2 is 2.14 bits per heavy atom. The summed E-state index contributed by atoms with van der Waals surface area (Å²) in [5, 5.41) is 16.7. The lowest BCUT2D eigenvalue weighted by atomic mass is 9.96. The standard InChI is InChI=1S/C21H22BrN3O3S/c1-27-19-11-14(10-16(22)20(19)26)12-23-25-17(18-8-5-9-28-18)13-29-21(25)24-15-6-3-2-4-7-15/h5,8-13,15,26H,2-4,6-7H2,1H3. The van der Waals surface area contributed by atoms with Gasteiger partial charge in [0.1, 0.15) is 5.69 Å². The van der Waals surface area contributed by atoms with Crippen molar-refractivity contribution in [2.45, 2.75) is 38.1 Å². The Balaban J connectivity index is 1.75. The molecule has 6 nitrogen and oxygen atoms in total. The van der Waals surface area contributed by atoms with Crippen LogP contribution >= 0.6 is 27.3 Å². The van der Waals surface area contributed by atoms with Crippen molar-refractivity contribution in [3.05, 3.63) is 50.7 Å². The van der Waals surface area contributed by atoms with Crippen LogP contribution in [0, 0.1) is 0 Å². The molecule has 3 aromatic rings. The number of furan rings is 1. The van der Waals surface area contributed by atoms with Crippen molar-refractivity contribution in [3.8, 4) is 23.0 Å². The van der Waals surface area contributed by atoms with Crippen LogP contribution < -0.4 is 9.54 Å². The van der Waals surface area contributed by atoms with Crippen molar-refractivity contribution < 1.29 is 14.3 Å². The number of benzene rings is 1. The van der Waals surface area contributed by atoms with E-state index in [9.17, 15) is 5.11 Å². The number of methoxy groups -OCH3 is 1. The normalized spacial score (nSPS) is 16.0. The molecule has 4 rings (SSSR count). The zero-order valence-corrected chi connectivity index (χ0v) is 18.4. The van der Waals surface area contributed by atoms with Gasteiger partial charge in [-0.1, -0.05) is 19.3 Å². The van der Waals surface area contributed by atoms with E-state index in [0.29, 0.717) is 16.3 Å². The highest BCUT2D eigenvalue weighted by Crippen LogP contribution is 2.34.